The largest absolute Gasteiger partial charge is 0.478 e. The van der Waals surface area contributed by atoms with E-state index in [1.54, 1.807) is 19.2 Å². The zero-order valence-electron chi connectivity index (χ0n) is 11.8. The van der Waals surface area contributed by atoms with E-state index in [1.807, 2.05) is 19.1 Å². The molecule has 1 heterocycles. The van der Waals surface area contributed by atoms with Gasteiger partial charge in [0, 0.05) is 12.7 Å². The van der Waals surface area contributed by atoms with Crippen molar-refractivity contribution in [2.75, 3.05) is 12.4 Å². The molecule has 21 heavy (non-hydrogen) atoms. The smallest absolute Gasteiger partial charge is 0.335 e. The van der Waals surface area contributed by atoms with Gasteiger partial charge in [0.05, 0.1) is 12.1 Å². The molecule has 0 spiro atoms. The van der Waals surface area contributed by atoms with Crippen LogP contribution in [0.1, 0.15) is 21.9 Å². The Morgan fingerprint density at radius 2 is 1.86 bits per heavy atom. The zero-order valence-corrected chi connectivity index (χ0v) is 11.8. The Kier molecular flexibility index (Phi) is 4.27. The predicted molar refractivity (Wildman–Crippen MR) is 77.3 cm³/mol. The first kappa shape index (κ1) is 14.6. The topological polar surface area (TPSA) is 82.8 Å². The fourth-order valence-corrected chi connectivity index (χ4v) is 1.79. The summed E-state index contributed by atoms with van der Waals surface area (Å²) >= 11 is 0. The second-order valence-electron chi connectivity index (χ2n) is 4.68. The van der Waals surface area contributed by atoms with Gasteiger partial charge in [0.2, 0.25) is 0 Å². The number of hydrogen-bond acceptors (Lipinski definition) is 3. The Morgan fingerprint density at radius 3 is 2.38 bits per heavy atom. The van der Waals surface area contributed by atoms with Gasteiger partial charge in [-0.15, -0.1) is 0 Å². The third-order valence-electron chi connectivity index (χ3n) is 2.92. The fourth-order valence-electron chi connectivity index (χ4n) is 1.79. The van der Waals surface area contributed by atoms with E-state index in [-0.39, 0.29) is 11.6 Å². The number of hydrogen-bond donors (Lipinski definition) is 2. The molecule has 2 amide bonds. The number of carbonyl (C=O) groups is 2. The quantitative estimate of drug-likeness (QED) is 0.906. The molecular formula is C15H16N2O4. The highest BCUT2D eigenvalue weighted by Crippen LogP contribution is 2.12. The molecule has 2 rings (SSSR count). The molecule has 6 heteroatoms. The Balaban J connectivity index is 1.95. The number of rotatable bonds is 4. The van der Waals surface area contributed by atoms with Crippen LogP contribution in [-0.2, 0) is 6.54 Å². The van der Waals surface area contributed by atoms with Gasteiger partial charge in [-0.3, -0.25) is 0 Å². The van der Waals surface area contributed by atoms with Gasteiger partial charge < -0.3 is 19.7 Å². The van der Waals surface area contributed by atoms with Crippen LogP contribution >= 0.6 is 0 Å². The molecule has 0 radical (unpaired) electrons. The Bertz CT molecular complexity index is 646. The molecular weight excluding hydrogens is 272 g/mol. The molecule has 1 aromatic carbocycles. The maximum Gasteiger partial charge on any atom is 0.335 e. The Hall–Kier alpha value is -2.76. The highest BCUT2D eigenvalue weighted by Gasteiger charge is 2.11. The van der Waals surface area contributed by atoms with Gasteiger partial charge >= 0.3 is 12.0 Å². The molecule has 2 N–H and O–H groups in total. The molecule has 0 atom stereocenters. The number of anilines is 1. The summed E-state index contributed by atoms with van der Waals surface area (Å²) in [6, 6.07) is 9.33. The van der Waals surface area contributed by atoms with Crippen molar-refractivity contribution in [3.05, 3.63) is 53.5 Å². The van der Waals surface area contributed by atoms with E-state index < -0.39 is 5.97 Å². The van der Waals surface area contributed by atoms with Gasteiger partial charge in [0.25, 0.3) is 0 Å². The van der Waals surface area contributed by atoms with E-state index in [4.69, 9.17) is 9.52 Å². The lowest BCUT2D eigenvalue weighted by atomic mass is 10.2. The molecule has 0 bridgehead atoms. The highest BCUT2D eigenvalue weighted by atomic mass is 16.4. The second-order valence-corrected chi connectivity index (χ2v) is 4.68. The van der Waals surface area contributed by atoms with Crippen LogP contribution in [0.5, 0.6) is 0 Å². The van der Waals surface area contributed by atoms with Crippen LogP contribution in [0.15, 0.2) is 40.8 Å². The number of aromatic carboxylic acids is 1. The highest BCUT2D eigenvalue weighted by molar-refractivity contribution is 5.91. The SMILES string of the molecule is Cc1ccc(CN(C)C(=O)Nc2ccc(C(=O)O)cc2)o1. The minimum absolute atomic E-state index is 0.174. The summed E-state index contributed by atoms with van der Waals surface area (Å²) in [5.41, 5.74) is 0.708. The number of nitrogens with zero attached hydrogens (tertiary/aromatic N) is 1. The first-order valence-electron chi connectivity index (χ1n) is 6.36. The lowest BCUT2D eigenvalue weighted by molar-refractivity contribution is 0.0697. The van der Waals surface area contributed by atoms with E-state index in [0.29, 0.717) is 18.0 Å². The van der Waals surface area contributed by atoms with E-state index in [2.05, 4.69) is 5.32 Å². The van der Waals surface area contributed by atoms with Crippen LogP contribution in [0.25, 0.3) is 0 Å². The molecule has 0 aliphatic rings. The third kappa shape index (κ3) is 3.85. The molecule has 6 nitrogen and oxygen atoms in total. The van der Waals surface area contributed by atoms with Crippen molar-refractivity contribution in [2.24, 2.45) is 0 Å². The summed E-state index contributed by atoms with van der Waals surface area (Å²) < 4.78 is 5.41. The van der Waals surface area contributed by atoms with E-state index >= 15 is 0 Å². The van der Waals surface area contributed by atoms with E-state index in [9.17, 15) is 9.59 Å². The van der Waals surface area contributed by atoms with Gasteiger partial charge in [-0.05, 0) is 43.3 Å². The maximum absolute atomic E-state index is 12.0. The van der Waals surface area contributed by atoms with Crippen molar-refractivity contribution in [1.29, 1.82) is 0 Å². The number of carboxylic acids is 1. The molecule has 0 fully saturated rings. The number of nitrogens with one attached hydrogen (secondary N) is 1. The van der Waals surface area contributed by atoms with Gasteiger partial charge in [-0.1, -0.05) is 0 Å². The number of carbonyl (C=O) groups excluding carboxylic acids is 1. The number of aryl methyl sites for hydroxylation is 1. The van der Waals surface area contributed by atoms with Crippen LogP contribution in [0.3, 0.4) is 0 Å². The van der Waals surface area contributed by atoms with Gasteiger partial charge in [-0.25, -0.2) is 9.59 Å². The average Bonchev–Trinajstić information content (AvgIpc) is 2.84. The summed E-state index contributed by atoms with van der Waals surface area (Å²) in [6.07, 6.45) is 0. The maximum atomic E-state index is 12.0. The fraction of sp³-hybridized carbons (Fsp3) is 0.200. The van der Waals surface area contributed by atoms with Crippen molar-refractivity contribution in [3.8, 4) is 0 Å². The van der Waals surface area contributed by atoms with Crippen LogP contribution in [0.2, 0.25) is 0 Å². The summed E-state index contributed by atoms with van der Waals surface area (Å²) in [5.74, 6) is 0.493. The number of carboxylic acid groups (broad SMARTS) is 1. The molecule has 0 aliphatic heterocycles. The molecule has 0 saturated carbocycles. The summed E-state index contributed by atoms with van der Waals surface area (Å²) in [4.78, 5) is 24.2. The van der Waals surface area contributed by atoms with Crippen LogP contribution in [-0.4, -0.2) is 29.1 Å². The van der Waals surface area contributed by atoms with Crippen LogP contribution < -0.4 is 5.32 Å². The standard InChI is InChI=1S/C15H16N2O4/c1-10-3-8-13(21-10)9-17(2)15(20)16-12-6-4-11(5-7-12)14(18)19/h3-8H,9H2,1-2H3,(H,16,20)(H,18,19). The molecule has 0 saturated heterocycles. The molecule has 1 aromatic heterocycles. The summed E-state index contributed by atoms with van der Waals surface area (Å²) in [6.45, 7) is 2.19. The third-order valence-corrected chi connectivity index (χ3v) is 2.92. The summed E-state index contributed by atoms with van der Waals surface area (Å²) in [5, 5.41) is 11.5. The molecule has 0 unspecified atom stereocenters. The van der Waals surface area contributed by atoms with Crippen molar-refractivity contribution in [2.45, 2.75) is 13.5 Å². The van der Waals surface area contributed by atoms with Crippen LogP contribution in [0.4, 0.5) is 10.5 Å². The summed E-state index contributed by atoms with van der Waals surface area (Å²) in [7, 11) is 1.65. The number of urea groups is 1. The monoisotopic (exact) mass is 288 g/mol. The van der Waals surface area contributed by atoms with Gasteiger partial charge in [0.15, 0.2) is 0 Å². The Labute approximate surface area is 122 Å². The van der Waals surface area contributed by atoms with Crippen LogP contribution in [0, 0.1) is 6.92 Å². The van der Waals surface area contributed by atoms with Crippen molar-refractivity contribution < 1.29 is 19.1 Å². The lowest BCUT2D eigenvalue weighted by Crippen LogP contribution is -2.30. The van der Waals surface area contributed by atoms with Crippen molar-refractivity contribution >= 4 is 17.7 Å². The first-order chi connectivity index (χ1) is 9.95. The molecule has 110 valence electrons. The predicted octanol–water partition coefficient (Wildman–Crippen LogP) is 2.95. The average molecular weight is 288 g/mol. The van der Waals surface area contributed by atoms with E-state index in [1.165, 1.54) is 17.0 Å². The molecule has 2 aromatic rings. The number of furan rings is 1. The minimum atomic E-state index is -1.00. The zero-order chi connectivity index (χ0) is 15.4. The second kappa shape index (κ2) is 6.13. The van der Waals surface area contributed by atoms with Crippen molar-refractivity contribution in [1.82, 2.24) is 4.90 Å². The van der Waals surface area contributed by atoms with Gasteiger partial charge in [-0.2, -0.15) is 0 Å². The van der Waals surface area contributed by atoms with Gasteiger partial charge in [0.1, 0.15) is 11.5 Å². The first-order valence-corrected chi connectivity index (χ1v) is 6.36. The van der Waals surface area contributed by atoms with Crippen molar-refractivity contribution in [3.63, 3.8) is 0 Å². The number of benzene rings is 1. The number of amides is 2. The molecule has 0 aliphatic carbocycles. The normalized spacial score (nSPS) is 10.2. The van der Waals surface area contributed by atoms with E-state index in [0.717, 1.165) is 5.76 Å². The Morgan fingerprint density at radius 1 is 1.19 bits per heavy atom. The lowest BCUT2D eigenvalue weighted by Gasteiger charge is -2.16. The minimum Gasteiger partial charge on any atom is -0.478 e.